The minimum atomic E-state index is -0.389. The van der Waals surface area contributed by atoms with Crippen molar-refractivity contribution >= 4 is 17.5 Å². The van der Waals surface area contributed by atoms with Gasteiger partial charge in [-0.3, -0.25) is 10.3 Å². The number of fused-ring (bicyclic) bond motifs is 1. The average molecular weight is 469 g/mol. The monoisotopic (exact) mass is 468 g/mol. The number of rotatable bonds is 6. The van der Waals surface area contributed by atoms with Crippen LogP contribution in [0.1, 0.15) is 62.2 Å². The highest BCUT2D eigenvalue weighted by Crippen LogP contribution is 2.51. The number of benzene rings is 2. The van der Waals surface area contributed by atoms with Crippen LogP contribution in [0.3, 0.4) is 0 Å². The number of nitrogens with two attached hydrogens (primary N) is 1. The molecule has 6 rings (SSSR count). The minimum Gasteiger partial charge on any atom is -0.446 e. The van der Waals surface area contributed by atoms with Crippen molar-refractivity contribution in [3.05, 3.63) is 78.0 Å². The summed E-state index contributed by atoms with van der Waals surface area (Å²) in [5.41, 5.74) is 13.3. The van der Waals surface area contributed by atoms with Crippen LogP contribution in [0.25, 0.3) is 11.3 Å². The Morgan fingerprint density at radius 1 is 1.09 bits per heavy atom. The van der Waals surface area contributed by atoms with E-state index in [1.807, 2.05) is 43.5 Å². The Bertz CT molecular complexity index is 1210. The number of nitrogens with one attached hydrogen (secondary N) is 1. The molecule has 0 spiro atoms. The van der Waals surface area contributed by atoms with E-state index in [-0.39, 0.29) is 24.3 Å². The molecule has 3 atom stereocenters. The van der Waals surface area contributed by atoms with Crippen molar-refractivity contribution in [1.29, 1.82) is 0 Å². The molecule has 6 nitrogen and oxygen atoms in total. The lowest BCUT2D eigenvalue weighted by Gasteiger charge is -2.42. The molecule has 6 heteroatoms. The predicted octanol–water partition coefficient (Wildman–Crippen LogP) is 6.21. The van der Waals surface area contributed by atoms with Crippen molar-refractivity contribution in [3.63, 3.8) is 0 Å². The largest absolute Gasteiger partial charge is 0.446 e. The molecule has 3 N–H and O–H groups in total. The van der Waals surface area contributed by atoms with Gasteiger partial charge in [0.15, 0.2) is 0 Å². The lowest BCUT2D eigenvalue weighted by Crippen LogP contribution is -2.42. The van der Waals surface area contributed by atoms with Crippen LogP contribution in [0.4, 0.5) is 16.2 Å². The summed E-state index contributed by atoms with van der Waals surface area (Å²) < 4.78 is 5.50. The first-order chi connectivity index (χ1) is 17.1. The van der Waals surface area contributed by atoms with Crippen LogP contribution in [0.15, 0.2) is 66.9 Å². The Hall–Kier alpha value is -3.38. The molecule has 0 radical (unpaired) electrons. The van der Waals surface area contributed by atoms with Gasteiger partial charge in [-0.1, -0.05) is 30.3 Å². The van der Waals surface area contributed by atoms with E-state index in [9.17, 15) is 4.79 Å². The van der Waals surface area contributed by atoms with E-state index in [0.717, 1.165) is 35.3 Å². The number of carbonyl (C=O) groups excluding carboxylic acids is 1. The Kier molecular flexibility index (Phi) is 5.69. The number of amides is 1. The van der Waals surface area contributed by atoms with Gasteiger partial charge in [-0.05, 0) is 86.4 Å². The zero-order valence-electron chi connectivity index (χ0n) is 20.1. The van der Waals surface area contributed by atoms with Crippen LogP contribution in [-0.2, 0) is 4.74 Å². The molecule has 0 bridgehead atoms. The second kappa shape index (κ2) is 9.00. The molecule has 35 heavy (non-hydrogen) atoms. The van der Waals surface area contributed by atoms with Gasteiger partial charge < -0.3 is 15.4 Å². The Balaban J connectivity index is 1.25. The Morgan fingerprint density at radius 2 is 1.89 bits per heavy atom. The van der Waals surface area contributed by atoms with Crippen molar-refractivity contribution in [2.45, 2.75) is 63.3 Å². The van der Waals surface area contributed by atoms with E-state index in [2.05, 4.69) is 45.5 Å². The molecule has 2 unspecified atom stereocenters. The van der Waals surface area contributed by atoms with Crippen LogP contribution in [0.5, 0.6) is 0 Å². The summed E-state index contributed by atoms with van der Waals surface area (Å²) in [6.07, 6.45) is 7.32. The number of carbonyl (C=O) groups is 1. The highest BCUT2D eigenvalue weighted by molar-refractivity contribution is 5.84. The first-order valence-electron chi connectivity index (χ1n) is 12.8. The zero-order chi connectivity index (χ0) is 23.9. The fourth-order valence-electron chi connectivity index (χ4n) is 5.43. The summed E-state index contributed by atoms with van der Waals surface area (Å²) in [7, 11) is 0. The summed E-state index contributed by atoms with van der Waals surface area (Å²) in [5, 5.41) is 2.87. The highest BCUT2D eigenvalue weighted by Gasteiger charge is 2.42. The molecule has 3 aliphatic rings. The van der Waals surface area contributed by atoms with Crippen LogP contribution in [-0.4, -0.2) is 23.2 Å². The van der Waals surface area contributed by atoms with Crippen LogP contribution in [0, 0.1) is 5.92 Å². The van der Waals surface area contributed by atoms with Gasteiger partial charge in [0.05, 0.1) is 17.8 Å². The van der Waals surface area contributed by atoms with Crippen LogP contribution < -0.4 is 16.0 Å². The number of ether oxygens (including phenoxy) is 1. The first kappa shape index (κ1) is 22.1. The van der Waals surface area contributed by atoms with E-state index in [0.29, 0.717) is 12.0 Å². The fraction of sp³-hybridized carbons (Fsp3) is 0.379. The smallest absolute Gasteiger partial charge is 0.411 e. The van der Waals surface area contributed by atoms with Gasteiger partial charge in [-0.15, -0.1) is 0 Å². The quantitative estimate of drug-likeness (QED) is 0.450. The second-order valence-electron chi connectivity index (χ2n) is 10.1. The molecule has 2 aliphatic carbocycles. The standard InChI is InChI=1S/C29H32N4O2/c1-18(19-8-9-19)35-29(34)32-22-13-10-20(11-14-22)28-27(30)24-15-12-21(25-7-2-3-16-31-25)17-26(24)33(28)23-5-4-6-23/h2-3,7,10-19,23,27-28H,4-6,8-9,30H2,1H3,(H,32,34)/t18-,27?,28?/m1/s1. The molecule has 3 aromatic rings. The van der Waals surface area contributed by atoms with E-state index < -0.39 is 0 Å². The SMILES string of the molecule is C[C@@H](OC(=O)Nc1ccc(C2C(N)c3ccc(-c4ccccn4)cc3N2C2CCC2)cc1)C1CC1. The van der Waals surface area contributed by atoms with Gasteiger partial charge in [-0.2, -0.15) is 0 Å². The third-order valence-corrected chi connectivity index (χ3v) is 7.81. The Morgan fingerprint density at radius 3 is 2.54 bits per heavy atom. The number of nitrogens with zero attached hydrogens (tertiary/aromatic N) is 2. The fourth-order valence-corrected chi connectivity index (χ4v) is 5.43. The molecular formula is C29H32N4O2. The Labute approximate surface area is 206 Å². The molecule has 1 aromatic heterocycles. The van der Waals surface area contributed by atoms with Crippen LogP contribution >= 0.6 is 0 Å². The molecular weight excluding hydrogens is 436 g/mol. The topological polar surface area (TPSA) is 80.5 Å². The number of hydrogen-bond donors (Lipinski definition) is 2. The van der Waals surface area contributed by atoms with Crippen LogP contribution in [0.2, 0.25) is 0 Å². The molecule has 180 valence electrons. The van der Waals surface area contributed by atoms with Gasteiger partial charge in [-0.25, -0.2) is 4.79 Å². The number of anilines is 2. The number of hydrogen-bond acceptors (Lipinski definition) is 5. The summed E-state index contributed by atoms with van der Waals surface area (Å²) in [4.78, 5) is 19.3. The third kappa shape index (κ3) is 4.27. The van der Waals surface area contributed by atoms with Crippen molar-refractivity contribution in [1.82, 2.24) is 4.98 Å². The molecule has 1 amide bonds. The summed E-state index contributed by atoms with van der Waals surface area (Å²) in [6.45, 7) is 1.97. The van der Waals surface area contributed by atoms with Gasteiger partial charge in [0.1, 0.15) is 6.10 Å². The maximum atomic E-state index is 12.3. The van der Waals surface area contributed by atoms with E-state index >= 15 is 0 Å². The van der Waals surface area contributed by atoms with Crippen molar-refractivity contribution in [3.8, 4) is 11.3 Å². The number of pyridine rings is 1. The molecule has 0 saturated heterocycles. The third-order valence-electron chi connectivity index (χ3n) is 7.81. The van der Waals surface area contributed by atoms with E-state index in [1.54, 1.807) is 0 Å². The van der Waals surface area contributed by atoms with Gasteiger partial charge in [0.25, 0.3) is 0 Å². The van der Waals surface area contributed by atoms with Crippen molar-refractivity contribution in [2.75, 3.05) is 10.2 Å². The van der Waals surface area contributed by atoms with E-state index in [4.69, 9.17) is 10.5 Å². The van der Waals surface area contributed by atoms with Crippen molar-refractivity contribution < 1.29 is 9.53 Å². The normalized spacial score (nSPS) is 22.3. The minimum absolute atomic E-state index is 0.0312. The van der Waals surface area contributed by atoms with Gasteiger partial charge in [0, 0.05) is 29.2 Å². The van der Waals surface area contributed by atoms with E-state index in [1.165, 1.54) is 30.5 Å². The summed E-state index contributed by atoms with van der Waals surface area (Å²) in [5.74, 6) is 0.518. The number of aromatic nitrogens is 1. The zero-order valence-corrected chi connectivity index (χ0v) is 20.1. The predicted molar refractivity (Wildman–Crippen MR) is 138 cm³/mol. The molecule has 2 fully saturated rings. The van der Waals surface area contributed by atoms with Gasteiger partial charge >= 0.3 is 6.09 Å². The highest BCUT2D eigenvalue weighted by atomic mass is 16.6. The summed E-state index contributed by atoms with van der Waals surface area (Å²) >= 11 is 0. The lowest BCUT2D eigenvalue weighted by atomic mass is 9.89. The first-order valence-corrected chi connectivity index (χ1v) is 12.8. The maximum Gasteiger partial charge on any atom is 0.411 e. The maximum absolute atomic E-state index is 12.3. The molecule has 2 saturated carbocycles. The molecule has 2 heterocycles. The molecule has 1 aliphatic heterocycles. The van der Waals surface area contributed by atoms with Gasteiger partial charge in [0.2, 0.25) is 0 Å². The average Bonchev–Trinajstić information content (AvgIpc) is 3.65. The second-order valence-corrected chi connectivity index (χ2v) is 10.1. The van der Waals surface area contributed by atoms with Crippen molar-refractivity contribution in [2.24, 2.45) is 11.7 Å². The molecule has 2 aromatic carbocycles. The summed E-state index contributed by atoms with van der Waals surface area (Å²) in [6, 6.07) is 21.1. The lowest BCUT2D eigenvalue weighted by molar-refractivity contribution is 0.108.